The van der Waals surface area contributed by atoms with E-state index in [0.29, 0.717) is 11.3 Å². The first-order valence-corrected chi connectivity index (χ1v) is 8.42. The first kappa shape index (κ1) is 17.7. The van der Waals surface area contributed by atoms with Crippen molar-refractivity contribution in [2.24, 2.45) is 0 Å². The van der Waals surface area contributed by atoms with Gasteiger partial charge in [0, 0.05) is 16.8 Å². The second-order valence-electron chi connectivity index (χ2n) is 7.31. The van der Waals surface area contributed by atoms with Gasteiger partial charge < -0.3 is 10.6 Å². The minimum atomic E-state index is -0.204. The second-order valence-corrected chi connectivity index (χ2v) is 7.31. The molecule has 2 aromatic heterocycles. The Labute approximate surface area is 153 Å². The van der Waals surface area contributed by atoms with E-state index in [0.717, 1.165) is 22.7 Å². The summed E-state index contributed by atoms with van der Waals surface area (Å²) in [4.78, 5) is 21.0. The number of pyridine rings is 1. The molecule has 0 bridgehead atoms. The molecule has 0 aliphatic heterocycles. The monoisotopic (exact) mass is 349 g/mol. The lowest BCUT2D eigenvalue weighted by atomic mass is 10.1. The molecule has 134 valence electrons. The molecule has 3 rings (SSSR count). The van der Waals surface area contributed by atoms with Crippen LogP contribution in [0, 0.1) is 0 Å². The van der Waals surface area contributed by atoms with Crippen molar-refractivity contribution in [3.8, 4) is 5.82 Å². The quantitative estimate of drug-likeness (QED) is 0.694. The molecule has 0 spiro atoms. The van der Waals surface area contributed by atoms with Crippen molar-refractivity contribution in [1.82, 2.24) is 14.5 Å². The lowest BCUT2D eigenvalue weighted by molar-refractivity contribution is -0.112. The molecular weight excluding hydrogens is 326 g/mol. The highest BCUT2D eigenvalue weighted by atomic mass is 16.1. The average molecular weight is 349 g/mol. The lowest BCUT2D eigenvalue weighted by Crippen LogP contribution is -2.26. The van der Waals surface area contributed by atoms with Crippen molar-refractivity contribution in [3.05, 3.63) is 54.9 Å². The first-order valence-electron chi connectivity index (χ1n) is 8.42. The molecule has 0 unspecified atom stereocenters. The number of aromatic nitrogens is 3. The van der Waals surface area contributed by atoms with Crippen LogP contribution >= 0.6 is 0 Å². The number of benzene rings is 1. The molecule has 26 heavy (non-hydrogen) atoms. The van der Waals surface area contributed by atoms with Gasteiger partial charge in [-0.15, -0.1) is 0 Å². The number of fused-ring (bicyclic) bond motifs is 1. The van der Waals surface area contributed by atoms with Gasteiger partial charge in [-0.2, -0.15) is 0 Å². The smallest absolute Gasteiger partial charge is 0.250 e. The normalized spacial score (nSPS) is 11.4. The number of hydrogen-bond acceptors (Lipinski definition) is 4. The van der Waals surface area contributed by atoms with Crippen LogP contribution in [0.15, 0.2) is 54.9 Å². The number of imidazole rings is 1. The Bertz CT molecular complexity index is 981. The Morgan fingerprint density at radius 3 is 2.65 bits per heavy atom. The summed E-state index contributed by atoms with van der Waals surface area (Å²) < 4.78 is 1.90. The van der Waals surface area contributed by atoms with Crippen LogP contribution in [-0.2, 0) is 4.79 Å². The molecule has 0 aliphatic rings. The maximum absolute atomic E-state index is 11.9. The molecule has 0 saturated carbocycles. The van der Waals surface area contributed by atoms with E-state index in [9.17, 15) is 4.79 Å². The summed E-state index contributed by atoms with van der Waals surface area (Å²) in [5.74, 6) is 1.35. The van der Waals surface area contributed by atoms with Crippen molar-refractivity contribution in [2.75, 3.05) is 10.6 Å². The Balaban J connectivity index is 1.99. The van der Waals surface area contributed by atoms with Crippen molar-refractivity contribution in [3.63, 3.8) is 0 Å². The largest absolute Gasteiger partial charge is 0.365 e. The molecule has 2 N–H and O–H groups in total. The van der Waals surface area contributed by atoms with Crippen LogP contribution < -0.4 is 10.6 Å². The van der Waals surface area contributed by atoms with Gasteiger partial charge in [-0.05, 0) is 58.0 Å². The Morgan fingerprint density at radius 2 is 1.96 bits per heavy atom. The SMILES string of the molecule is C=C(C)C(=O)Nc1ccc2ncn(-c3cccc(NC(C)(C)C)n3)c2c1. The lowest BCUT2D eigenvalue weighted by Gasteiger charge is -2.21. The number of carbonyl (C=O) groups excluding carboxylic acids is 1. The van der Waals surface area contributed by atoms with Gasteiger partial charge in [-0.3, -0.25) is 9.36 Å². The minimum absolute atomic E-state index is 0.0807. The third kappa shape index (κ3) is 3.91. The van der Waals surface area contributed by atoms with Gasteiger partial charge in [0.05, 0.1) is 11.0 Å². The second kappa shape index (κ2) is 6.63. The molecule has 6 nitrogen and oxygen atoms in total. The van der Waals surface area contributed by atoms with Gasteiger partial charge in [0.1, 0.15) is 18.0 Å². The fraction of sp³-hybridized carbons (Fsp3) is 0.250. The van der Waals surface area contributed by atoms with Gasteiger partial charge >= 0.3 is 0 Å². The number of rotatable bonds is 4. The zero-order valence-electron chi connectivity index (χ0n) is 15.5. The highest BCUT2D eigenvalue weighted by molar-refractivity contribution is 6.03. The fourth-order valence-corrected chi connectivity index (χ4v) is 2.52. The summed E-state index contributed by atoms with van der Waals surface area (Å²) in [6, 6.07) is 11.4. The number of amides is 1. The Hall–Kier alpha value is -3.15. The van der Waals surface area contributed by atoms with Gasteiger partial charge in [-0.25, -0.2) is 9.97 Å². The van der Waals surface area contributed by atoms with E-state index in [-0.39, 0.29) is 11.4 Å². The molecule has 0 radical (unpaired) electrons. The standard InChI is InChI=1S/C20H23N5O/c1-13(2)19(26)22-14-9-10-15-16(11-14)25(12-21-15)18-8-6-7-17(23-18)24-20(3,4)5/h6-12H,1H2,2-5H3,(H,22,26)(H,23,24). The number of anilines is 2. The van der Waals surface area contributed by atoms with E-state index in [4.69, 9.17) is 0 Å². The Kier molecular flexibility index (Phi) is 4.50. The molecule has 6 heteroatoms. The highest BCUT2D eigenvalue weighted by Gasteiger charge is 2.12. The van der Waals surface area contributed by atoms with Gasteiger partial charge in [-0.1, -0.05) is 12.6 Å². The van der Waals surface area contributed by atoms with E-state index in [1.807, 2.05) is 41.0 Å². The summed E-state index contributed by atoms with van der Waals surface area (Å²) >= 11 is 0. The molecule has 1 amide bonds. The van der Waals surface area contributed by atoms with E-state index in [1.54, 1.807) is 13.3 Å². The van der Waals surface area contributed by atoms with Gasteiger partial charge in [0.15, 0.2) is 0 Å². The molecule has 0 saturated heterocycles. The average Bonchev–Trinajstić information content (AvgIpc) is 2.96. The molecule has 0 aliphatic carbocycles. The van der Waals surface area contributed by atoms with Crippen molar-refractivity contribution < 1.29 is 4.79 Å². The summed E-state index contributed by atoms with van der Waals surface area (Å²) in [6.45, 7) is 11.6. The summed E-state index contributed by atoms with van der Waals surface area (Å²) in [7, 11) is 0. The minimum Gasteiger partial charge on any atom is -0.365 e. The molecule has 2 heterocycles. The van der Waals surface area contributed by atoms with Crippen LogP contribution in [0.2, 0.25) is 0 Å². The maximum atomic E-state index is 11.9. The summed E-state index contributed by atoms with van der Waals surface area (Å²) in [5, 5.41) is 6.20. The zero-order valence-corrected chi connectivity index (χ0v) is 15.5. The fourth-order valence-electron chi connectivity index (χ4n) is 2.52. The number of nitrogens with zero attached hydrogens (tertiary/aromatic N) is 3. The predicted molar refractivity (Wildman–Crippen MR) is 106 cm³/mol. The molecule has 3 aromatic rings. The maximum Gasteiger partial charge on any atom is 0.250 e. The third-order valence-electron chi connectivity index (χ3n) is 3.68. The van der Waals surface area contributed by atoms with Crippen LogP contribution in [0.25, 0.3) is 16.9 Å². The van der Waals surface area contributed by atoms with E-state index in [1.165, 1.54) is 0 Å². The Morgan fingerprint density at radius 1 is 1.19 bits per heavy atom. The number of nitrogens with one attached hydrogen (secondary N) is 2. The zero-order chi connectivity index (χ0) is 18.9. The highest BCUT2D eigenvalue weighted by Crippen LogP contribution is 2.22. The van der Waals surface area contributed by atoms with E-state index in [2.05, 4.69) is 48.0 Å². The van der Waals surface area contributed by atoms with Crippen LogP contribution in [0.5, 0.6) is 0 Å². The first-order chi connectivity index (χ1) is 12.2. The van der Waals surface area contributed by atoms with Gasteiger partial charge in [0.2, 0.25) is 0 Å². The van der Waals surface area contributed by atoms with Gasteiger partial charge in [0.25, 0.3) is 5.91 Å². The van der Waals surface area contributed by atoms with Crippen molar-refractivity contribution in [2.45, 2.75) is 33.2 Å². The number of carbonyl (C=O) groups is 1. The van der Waals surface area contributed by atoms with Crippen molar-refractivity contribution in [1.29, 1.82) is 0 Å². The third-order valence-corrected chi connectivity index (χ3v) is 3.68. The topological polar surface area (TPSA) is 71.8 Å². The van der Waals surface area contributed by atoms with Crippen LogP contribution in [0.3, 0.4) is 0 Å². The van der Waals surface area contributed by atoms with Crippen molar-refractivity contribution >= 4 is 28.4 Å². The van der Waals surface area contributed by atoms with E-state index >= 15 is 0 Å². The molecule has 0 fully saturated rings. The molecular formula is C20H23N5O. The van der Waals surface area contributed by atoms with Crippen LogP contribution in [0.1, 0.15) is 27.7 Å². The summed E-state index contributed by atoms with van der Waals surface area (Å²) in [5.41, 5.74) is 2.76. The number of hydrogen-bond donors (Lipinski definition) is 2. The predicted octanol–water partition coefficient (Wildman–Crippen LogP) is 4.15. The molecule has 0 atom stereocenters. The van der Waals surface area contributed by atoms with E-state index < -0.39 is 0 Å². The molecule has 1 aromatic carbocycles. The van der Waals surface area contributed by atoms with Crippen LogP contribution in [-0.4, -0.2) is 26.0 Å². The summed E-state index contributed by atoms with van der Waals surface area (Å²) in [6.07, 6.45) is 1.73. The van der Waals surface area contributed by atoms with Crippen LogP contribution in [0.4, 0.5) is 11.5 Å².